The zero-order valence-corrected chi connectivity index (χ0v) is 10.4. The molecule has 1 N–H and O–H groups in total. The van der Waals surface area contributed by atoms with Gasteiger partial charge >= 0.3 is 5.97 Å². The van der Waals surface area contributed by atoms with Crippen molar-refractivity contribution in [2.24, 2.45) is 5.41 Å². The summed E-state index contributed by atoms with van der Waals surface area (Å²) in [6, 6.07) is 5.64. The number of pyridine rings is 1. The van der Waals surface area contributed by atoms with E-state index in [1.54, 1.807) is 13.8 Å². The number of carbonyl (C=O) groups is 1. The van der Waals surface area contributed by atoms with E-state index >= 15 is 0 Å². The van der Waals surface area contributed by atoms with Crippen molar-refractivity contribution >= 4 is 23.4 Å². The molecule has 90 valence electrons. The number of rotatable bonds is 4. The fraction of sp³-hybridized carbons (Fsp3) is 0.364. The first kappa shape index (κ1) is 11.9. The van der Waals surface area contributed by atoms with Crippen LogP contribution >= 0.6 is 11.8 Å². The normalized spacial score (nSPS) is 11.9. The SMILES string of the molecule is CC(C)(CSc1nnc2ccccn12)C(=O)O. The van der Waals surface area contributed by atoms with Crippen molar-refractivity contribution in [3.8, 4) is 0 Å². The predicted molar refractivity (Wildman–Crippen MR) is 65.1 cm³/mol. The topological polar surface area (TPSA) is 67.5 Å². The third-order valence-corrected chi connectivity index (χ3v) is 3.83. The number of hydrogen-bond acceptors (Lipinski definition) is 4. The molecule has 0 atom stereocenters. The zero-order valence-electron chi connectivity index (χ0n) is 9.62. The smallest absolute Gasteiger partial charge is 0.309 e. The zero-order chi connectivity index (χ0) is 12.5. The summed E-state index contributed by atoms with van der Waals surface area (Å²) in [7, 11) is 0. The summed E-state index contributed by atoms with van der Waals surface area (Å²) in [5, 5.41) is 17.8. The first-order chi connectivity index (χ1) is 8.00. The van der Waals surface area contributed by atoms with Crippen molar-refractivity contribution in [1.29, 1.82) is 0 Å². The van der Waals surface area contributed by atoms with Crippen LogP contribution in [-0.2, 0) is 4.79 Å². The molecule has 2 aromatic heterocycles. The molecule has 2 heterocycles. The van der Waals surface area contributed by atoms with E-state index in [0.29, 0.717) is 5.75 Å². The quantitative estimate of drug-likeness (QED) is 0.841. The fourth-order valence-corrected chi connectivity index (χ4v) is 2.23. The average molecular weight is 251 g/mol. The molecule has 0 spiro atoms. The van der Waals surface area contributed by atoms with E-state index < -0.39 is 11.4 Å². The molecule has 0 saturated carbocycles. The van der Waals surface area contributed by atoms with Crippen molar-refractivity contribution in [3.05, 3.63) is 24.4 Å². The van der Waals surface area contributed by atoms with E-state index in [-0.39, 0.29) is 0 Å². The molecule has 0 amide bonds. The summed E-state index contributed by atoms with van der Waals surface area (Å²) in [6.45, 7) is 3.40. The van der Waals surface area contributed by atoms with Crippen molar-refractivity contribution in [3.63, 3.8) is 0 Å². The maximum atomic E-state index is 11.0. The summed E-state index contributed by atoms with van der Waals surface area (Å²) in [5.74, 6) is -0.350. The van der Waals surface area contributed by atoms with Gasteiger partial charge in [0.15, 0.2) is 10.8 Å². The van der Waals surface area contributed by atoms with E-state index in [1.807, 2.05) is 28.8 Å². The van der Waals surface area contributed by atoms with Gasteiger partial charge in [-0.15, -0.1) is 10.2 Å². The van der Waals surface area contributed by atoms with Crippen LogP contribution in [-0.4, -0.2) is 31.4 Å². The second-order valence-corrected chi connectivity index (χ2v) is 5.33. The molecule has 2 rings (SSSR count). The molecular formula is C11H13N3O2S. The Bertz CT molecular complexity index is 550. The van der Waals surface area contributed by atoms with Crippen LogP contribution in [0.3, 0.4) is 0 Å². The van der Waals surface area contributed by atoms with E-state index in [1.165, 1.54) is 11.8 Å². The Kier molecular flexibility index (Phi) is 3.06. The van der Waals surface area contributed by atoms with Gasteiger partial charge in [-0.05, 0) is 26.0 Å². The lowest BCUT2D eigenvalue weighted by Crippen LogP contribution is -2.26. The van der Waals surface area contributed by atoms with Crippen molar-refractivity contribution in [2.75, 3.05) is 5.75 Å². The fourth-order valence-electron chi connectivity index (χ4n) is 1.22. The molecule has 17 heavy (non-hydrogen) atoms. The number of nitrogens with zero attached hydrogens (tertiary/aromatic N) is 3. The minimum absolute atomic E-state index is 0.456. The highest BCUT2D eigenvalue weighted by Gasteiger charge is 2.27. The van der Waals surface area contributed by atoms with Crippen LogP contribution in [0.1, 0.15) is 13.8 Å². The lowest BCUT2D eigenvalue weighted by molar-refractivity contribution is -0.145. The van der Waals surface area contributed by atoms with Crippen molar-refractivity contribution in [2.45, 2.75) is 19.0 Å². The largest absolute Gasteiger partial charge is 0.481 e. The van der Waals surface area contributed by atoms with Gasteiger partial charge in [-0.3, -0.25) is 9.20 Å². The Morgan fingerprint density at radius 2 is 2.24 bits per heavy atom. The number of aliphatic carboxylic acids is 1. The molecule has 0 aromatic carbocycles. The lowest BCUT2D eigenvalue weighted by Gasteiger charge is -2.17. The highest BCUT2D eigenvalue weighted by atomic mass is 32.2. The van der Waals surface area contributed by atoms with Gasteiger partial charge in [0.2, 0.25) is 0 Å². The van der Waals surface area contributed by atoms with Gasteiger partial charge in [0.25, 0.3) is 0 Å². The van der Waals surface area contributed by atoms with Crippen LogP contribution in [0.5, 0.6) is 0 Å². The second kappa shape index (κ2) is 4.37. The molecular weight excluding hydrogens is 238 g/mol. The number of thioether (sulfide) groups is 1. The van der Waals surface area contributed by atoms with Crippen LogP contribution < -0.4 is 0 Å². The lowest BCUT2D eigenvalue weighted by atomic mass is 9.97. The van der Waals surface area contributed by atoms with Gasteiger partial charge < -0.3 is 5.11 Å². The molecule has 5 nitrogen and oxygen atoms in total. The first-order valence-electron chi connectivity index (χ1n) is 5.17. The van der Waals surface area contributed by atoms with E-state index in [9.17, 15) is 4.79 Å². The standard InChI is InChI=1S/C11H13N3O2S/c1-11(2,9(15)16)7-17-10-13-12-8-5-3-4-6-14(8)10/h3-6H,7H2,1-2H3,(H,15,16). The molecule has 2 aromatic rings. The molecule has 0 bridgehead atoms. The van der Waals surface area contributed by atoms with Gasteiger partial charge in [0.05, 0.1) is 5.41 Å². The summed E-state index contributed by atoms with van der Waals surface area (Å²) < 4.78 is 1.85. The number of hydrogen-bond donors (Lipinski definition) is 1. The van der Waals surface area contributed by atoms with Gasteiger partial charge in [0.1, 0.15) is 0 Å². The highest BCUT2D eigenvalue weighted by Crippen LogP contribution is 2.26. The molecule has 0 unspecified atom stereocenters. The number of aromatic nitrogens is 3. The van der Waals surface area contributed by atoms with Crippen LogP contribution in [0.25, 0.3) is 5.65 Å². The van der Waals surface area contributed by atoms with E-state index in [0.717, 1.165) is 10.8 Å². The van der Waals surface area contributed by atoms with E-state index in [2.05, 4.69) is 10.2 Å². The van der Waals surface area contributed by atoms with Crippen LogP contribution in [0.15, 0.2) is 29.6 Å². The Hall–Kier alpha value is -1.56. The molecule has 0 saturated heterocycles. The average Bonchev–Trinajstić information content (AvgIpc) is 2.69. The number of carboxylic acid groups (broad SMARTS) is 1. The molecule has 0 fully saturated rings. The maximum absolute atomic E-state index is 11.0. The van der Waals surface area contributed by atoms with Gasteiger partial charge in [-0.1, -0.05) is 17.8 Å². The number of fused-ring (bicyclic) bond motifs is 1. The Morgan fingerprint density at radius 3 is 2.94 bits per heavy atom. The van der Waals surface area contributed by atoms with Crippen molar-refractivity contribution in [1.82, 2.24) is 14.6 Å². The Labute approximate surface area is 103 Å². The molecule has 6 heteroatoms. The summed E-state index contributed by atoms with van der Waals surface area (Å²) in [4.78, 5) is 11.0. The minimum Gasteiger partial charge on any atom is -0.481 e. The van der Waals surface area contributed by atoms with Gasteiger partial charge in [-0.2, -0.15) is 0 Å². The first-order valence-corrected chi connectivity index (χ1v) is 6.15. The maximum Gasteiger partial charge on any atom is 0.309 e. The summed E-state index contributed by atoms with van der Waals surface area (Å²) >= 11 is 1.40. The summed E-state index contributed by atoms with van der Waals surface area (Å²) in [5.41, 5.74) is -0.00575. The van der Waals surface area contributed by atoms with Crippen LogP contribution in [0.4, 0.5) is 0 Å². The third-order valence-electron chi connectivity index (χ3n) is 2.42. The molecule has 0 aliphatic carbocycles. The minimum atomic E-state index is -0.807. The summed E-state index contributed by atoms with van der Waals surface area (Å²) in [6.07, 6.45) is 1.87. The molecule has 0 aliphatic rings. The second-order valence-electron chi connectivity index (χ2n) is 4.39. The van der Waals surface area contributed by atoms with Crippen molar-refractivity contribution < 1.29 is 9.90 Å². The molecule has 0 radical (unpaired) electrons. The number of carboxylic acids is 1. The van der Waals surface area contributed by atoms with E-state index in [4.69, 9.17) is 5.11 Å². The molecule has 0 aliphatic heterocycles. The van der Waals surface area contributed by atoms with Gasteiger partial charge in [-0.25, -0.2) is 0 Å². The Balaban J connectivity index is 2.17. The Morgan fingerprint density at radius 1 is 1.47 bits per heavy atom. The monoisotopic (exact) mass is 251 g/mol. The predicted octanol–water partition coefficient (Wildman–Crippen LogP) is 1.93. The third kappa shape index (κ3) is 2.41. The van der Waals surface area contributed by atoms with Crippen LogP contribution in [0.2, 0.25) is 0 Å². The van der Waals surface area contributed by atoms with Gasteiger partial charge in [0, 0.05) is 11.9 Å². The van der Waals surface area contributed by atoms with Crippen LogP contribution in [0, 0.1) is 5.41 Å². The highest BCUT2D eigenvalue weighted by molar-refractivity contribution is 7.99.